The average molecular weight is 243 g/mol. The largest absolute Gasteiger partial charge is 0.392 e. The lowest BCUT2D eigenvalue weighted by Crippen LogP contribution is -2.21. The first-order valence-electron chi connectivity index (χ1n) is 5.08. The molecule has 0 bridgehead atoms. The minimum absolute atomic E-state index is 0.0250. The van der Waals surface area contributed by atoms with E-state index in [-0.39, 0.29) is 12.4 Å². The summed E-state index contributed by atoms with van der Waals surface area (Å²) < 4.78 is 21.7. The maximum absolute atomic E-state index is 10.9. The Morgan fingerprint density at radius 3 is 2.62 bits per heavy atom. The van der Waals surface area contributed by atoms with Gasteiger partial charge < -0.3 is 10.4 Å². The van der Waals surface area contributed by atoms with Crippen LogP contribution in [0, 0.1) is 0 Å². The normalized spacial score (nSPS) is 11.6. The van der Waals surface area contributed by atoms with Gasteiger partial charge in [-0.15, -0.1) is 0 Å². The summed E-state index contributed by atoms with van der Waals surface area (Å²) >= 11 is 0. The van der Waals surface area contributed by atoms with Gasteiger partial charge in [-0.05, 0) is 11.1 Å². The fourth-order valence-electron chi connectivity index (χ4n) is 1.33. The van der Waals surface area contributed by atoms with Crippen LogP contribution < -0.4 is 5.32 Å². The molecular formula is C11H17NO3S. The number of sulfone groups is 1. The molecule has 0 amide bonds. The Balaban J connectivity index is 2.37. The number of aliphatic hydroxyl groups is 1. The molecule has 1 aromatic carbocycles. The molecule has 16 heavy (non-hydrogen) atoms. The van der Waals surface area contributed by atoms with E-state index in [0.29, 0.717) is 13.1 Å². The van der Waals surface area contributed by atoms with Crippen LogP contribution in [0.5, 0.6) is 0 Å². The summed E-state index contributed by atoms with van der Waals surface area (Å²) in [4.78, 5) is 0. The molecule has 0 aliphatic rings. The average Bonchev–Trinajstić information content (AvgIpc) is 2.23. The van der Waals surface area contributed by atoms with E-state index in [1.807, 2.05) is 24.3 Å². The van der Waals surface area contributed by atoms with E-state index in [9.17, 15) is 8.42 Å². The van der Waals surface area contributed by atoms with E-state index < -0.39 is 9.84 Å². The van der Waals surface area contributed by atoms with Crippen LogP contribution in [0.1, 0.15) is 11.1 Å². The molecule has 4 nitrogen and oxygen atoms in total. The number of hydrogen-bond donors (Lipinski definition) is 2. The molecule has 0 saturated carbocycles. The van der Waals surface area contributed by atoms with Crippen LogP contribution in [0.4, 0.5) is 0 Å². The van der Waals surface area contributed by atoms with Gasteiger partial charge in [0.05, 0.1) is 12.4 Å². The van der Waals surface area contributed by atoms with E-state index >= 15 is 0 Å². The highest BCUT2D eigenvalue weighted by atomic mass is 32.2. The van der Waals surface area contributed by atoms with Gasteiger partial charge in [0.15, 0.2) is 0 Å². The predicted molar refractivity (Wildman–Crippen MR) is 63.8 cm³/mol. The Labute approximate surface area is 96.2 Å². The first-order valence-corrected chi connectivity index (χ1v) is 7.14. The second-order valence-electron chi connectivity index (χ2n) is 3.78. The summed E-state index contributed by atoms with van der Waals surface area (Å²) in [6.45, 7) is 1.09. The van der Waals surface area contributed by atoms with E-state index in [1.165, 1.54) is 6.26 Å². The van der Waals surface area contributed by atoms with Crippen molar-refractivity contribution in [3.8, 4) is 0 Å². The van der Waals surface area contributed by atoms with Gasteiger partial charge in [-0.3, -0.25) is 0 Å². The Kier molecular flexibility index (Phi) is 4.92. The van der Waals surface area contributed by atoms with Crippen molar-refractivity contribution in [2.24, 2.45) is 0 Å². The highest BCUT2D eigenvalue weighted by Crippen LogP contribution is 2.04. The maximum Gasteiger partial charge on any atom is 0.148 e. The van der Waals surface area contributed by atoms with Crippen molar-refractivity contribution in [1.82, 2.24) is 5.32 Å². The smallest absolute Gasteiger partial charge is 0.148 e. The van der Waals surface area contributed by atoms with Crippen molar-refractivity contribution < 1.29 is 13.5 Å². The Morgan fingerprint density at radius 1 is 1.31 bits per heavy atom. The highest BCUT2D eigenvalue weighted by molar-refractivity contribution is 7.90. The maximum atomic E-state index is 10.9. The first-order chi connectivity index (χ1) is 7.51. The number of hydrogen-bond acceptors (Lipinski definition) is 4. The van der Waals surface area contributed by atoms with Crippen LogP contribution in [0.2, 0.25) is 0 Å². The fraction of sp³-hybridized carbons (Fsp3) is 0.455. The van der Waals surface area contributed by atoms with Gasteiger partial charge in [-0.2, -0.15) is 0 Å². The Bertz CT molecular complexity index is 429. The van der Waals surface area contributed by atoms with Crippen LogP contribution in [0.25, 0.3) is 0 Å². The van der Waals surface area contributed by atoms with E-state index in [1.54, 1.807) is 0 Å². The van der Waals surface area contributed by atoms with Gasteiger partial charge in [-0.25, -0.2) is 8.42 Å². The standard InChI is InChI=1S/C11H17NO3S/c1-16(14,15)6-5-12-8-10-3-2-4-11(7-10)9-13/h2-4,7,12-13H,5-6,8-9H2,1H3. The molecule has 0 unspecified atom stereocenters. The lowest BCUT2D eigenvalue weighted by Gasteiger charge is -2.05. The van der Waals surface area contributed by atoms with Crippen molar-refractivity contribution in [2.45, 2.75) is 13.2 Å². The highest BCUT2D eigenvalue weighted by Gasteiger charge is 2.01. The van der Waals surface area contributed by atoms with Gasteiger partial charge >= 0.3 is 0 Å². The van der Waals surface area contributed by atoms with Crippen molar-refractivity contribution in [3.63, 3.8) is 0 Å². The predicted octanol–water partition coefficient (Wildman–Crippen LogP) is 0.313. The molecule has 0 radical (unpaired) electrons. The molecule has 90 valence electrons. The molecule has 0 aliphatic heterocycles. The summed E-state index contributed by atoms with van der Waals surface area (Å²) in [6.07, 6.45) is 1.22. The Hall–Kier alpha value is -0.910. The molecule has 1 aromatic rings. The lowest BCUT2D eigenvalue weighted by molar-refractivity contribution is 0.281. The molecule has 2 N–H and O–H groups in total. The summed E-state index contributed by atoms with van der Waals surface area (Å²) in [6, 6.07) is 7.55. The first kappa shape index (κ1) is 13.2. The van der Waals surface area contributed by atoms with Crippen LogP contribution >= 0.6 is 0 Å². The molecule has 0 aliphatic carbocycles. The summed E-state index contributed by atoms with van der Waals surface area (Å²) in [5.41, 5.74) is 1.91. The van der Waals surface area contributed by atoms with Crippen molar-refractivity contribution >= 4 is 9.84 Å². The van der Waals surface area contributed by atoms with Crippen LogP contribution in [-0.2, 0) is 23.0 Å². The van der Waals surface area contributed by atoms with Gasteiger partial charge in [0, 0.05) is 19.3 Å². The summed E-state index contributed by atoms with van der Waals surface area (Å²) in [7, 11) is -2.89. The number of benzene rings is 1. The third kappa shape index (κ3) is 5.25. The Morgan fingerprint density at radius 2 is 2.00 bits per heavy atom. The quantitative estimate of drug-likeness (QED) is 0.706. The minimum atomic E-state index is -2.89. The van der Waals surface area contributed by atoms with Gasteiger partial charge in [-0.1, -0.05) is 24.3 Å². The second kappa shape index (κ2) is 5.98. The number of rotatable bonds is 6. The molecule has 0 atom stereocenters. The van der Waals surface area contributed by atoms with Crippen molar-refractivity contribution in [1.29, 1.82) is 0 Å². The zero-order valence-electron chi connectivity index (χ0n) is 9.31. The molecule has 0 saturated heterocycles. The SMILES string of the molecule is CS(=O)(=O)CCNCc1cccc(CO)c1. The van der Waals surface area contributed by atoms with Gasteiger partial charge in [0.2, 0.25) is 0 Å². The number of nitrogens with one attached hydrogen (secondary N) is 1. The topological polar surface area (TPSA) is 66.4 Å². The van der Waals surface area contributed by atoms with E-state index in [2.05, 4.69) is 5.32 Å². The molecule has 0 aromatic heterocycles. The molecule has 5 heteroatoms. The van der Waals surface area contributed by atoms with Gasteiger partial charge in [0.25, 0.3) is 0 Å². The van der Waals surface area contributed by atoms with Crippen LogP contribution in [0.15, 0.2) is 24.3 Å². The lowest BCUT2D eigenvalue weighted by atomic mass is 10.1. The van der Waals surface area contributed by atoms with Crippen LogP contribution in [-0.4, -0.2) is 32.1 Å². The van der Waals surface area contributed by atoms with Crippen molar-refractivity contribution in [2.75, 3.05) is 18.6 Å². The molecule has 0 spiro atoms. The zero-order valence-corrected chi connectivity index (χ0v) is 10.1. The third-order valence-corrected chi connectivity index (χ3v) is 3.10. The molecule has 1 rings (SSSR count). The van der Waals surface area contributed by atoms with Crippen molar-refractivity contribution in [3.05, 3.63) is 35.4 Å². The monoisotopic (exact) mass is 243 g/mol. The summed E-state index contributed by atoms with van der Waals surface area (Å²) in [5, 5.41) is 12.0. The summed E-state index contributed by atoms with van der Waals surface area (Å²) in [5.74, 6) is 0.146. The fourth-order valence-corrected chi connectivity index (χ4v) is 1.84. The van der Waals surface area contributed by atoms with Crippen LogP contribution in [0.3, 0.4) is 0 Å². The van der Waals surface area contributed by atoms with E-state index in [0.717, 1.165) is 11.1 Å². The molecular weight excluding hydrogens is 226 g/mol. The molecule has 0 fully saturated rings. The minimum Gasteiger partial charge on any atom is -0.392 e. The number of aliphatic hydroxyl groups excluding tert-OH is 1. The molecule has 0 heterocycles. The second-order valence-corrected chi connectivity index (χ2v) is 6.04. The van der Waals surface area contributed by atoms with E-state index in [4.69, 9.17) is 5.11 Å². The zero-order chi connectivity index (χ0) is 12.0. The third-order valence-electron chi connectivity index (χ3n) is 2.15. The van der Waals surface area contributed by atoms with Gasteiger partial charge in [0.1, 0.15) is 9.84 Å².